The summed E-state index contributed by atoms with van der Waals surface area (Å²) < 4.78 is 5.45. The lowest BCUT2D eigenvalue weighted by molar-refractivity contribution is 0.392. The van der Waals surface area contributed by atoms with Crippen LogP contribution in [0.5, 0.6) is 0 Å². The highest BCUT2D eigenvalue weighted by Crippen LogP contribution is 2.33. The van der Waals surface area contributed by atoms with E-state index in [1.54, 1.807) is 6.20 Å². The maximum Gasteiger partial charge on any atom is 0.218 e. The van der Waals surface area contributed by atoms with Gasteiger partial charge in [-0.15, -0.1) is 0 Å². The summed E-state index contributed by atoms with van der Waals surface area (Å²) in [5.41, 5.74) is 1.50. The van der Waals surface area contributed by atoms with Gasteiger partial charge in [0.25, 0.3) is 0 Å². The van der Waals surface area contributed by atoms with Crippen molar-refractivity contribution in [3.63, 3.8) is 0 Å². The fourth-order valence-corrected chi connectivity index (χ4v) is 2.43. The number of nitrogens with zero attached hydrogens (tertiary/aromatic N) is 2. The van der Waals surface area contributed by atoms with E-state index in [9.17, 15) is 0 Å². The third-order valence-corrected chi connectivity index (χ3v) is 3.15. The predicted molar refractivity (Wildman–Crippen MR) is 53.8 cm³/mol. The Labute approximate surface area is 83.4 Å². The summed E-state index contributed by atoms with van der Waals surface area (Å²) in [6.07, 6.45) is 5.21. The van der Waals surface area contributed by atoms with Crippen LogP contribution >= 0.6 is 0 Å². The lowest BCUT2D eigenvalue weighted by Crippen LogP contribution is -2.17. The summed E-state index contributed by atoms with van der Waals surface area (Å²) in [5.74, 6) is 2.42. The molecule has 0 amide bonds. The van der Waals surface area contributed by atoms with Gasteiger partial charge in [0.15, 0.2) is 0 Å². The Kier molecular flexibility index (Phi) is 1.74. The van der Waals surface area contributed by atoms with Crippen molar-refractivity contribution in [1.82, 2.24) is 9.88 Å². The molecule has 0 aliphatic carbocycles. The highest BCUT2D eigenvalue weighted by Gasteiger charge is 2.33. The zero-order valence-electron chi connectivity index (χ0n) is 8.36. The molecule has 2 saturated heterocycles. The number of piperidine rings is 1. The van der Waals surface area contributed by atoms with E-state index in [0.29, 0.717) is 0 Å². The van der Waals surface area contributed by atoms with Gasteiger partial charge in [0.05, 0.1) is 6.20 Å². The van der Waals surface area contributed by atoms with Gasteiger partial charge in [0.2, 0.25) is 5.89 Å². The molecule has 0 radical (unpaired) electrons. The van der Waals surface area contributed by atoms with Gasteiger partial charge >= 0.3 is 0 Å². The number of hydrogen-bond acceptors (Lipinski definition) is 3. The molecule has 2 fully saturated rings. The first-order valence-corrected chi connectivity index (χ1v) is 5.16. The Morgan fingerprint density at radius 2 is 2.57 bits per heavy atom. The average Bonchev–Trinajstić information content (AvgIpc) is 2.82. The fourth-order valence-electron chi connectivity index (χ4n) is 2.43. The molecule has 74 valence electrons. The molecule has 3 heterocycles. The first-order valence-electron chi connectivity index (χ1n) is 5.16. The number of hydrogen-bond donors (Lipinski definition) is 0. The molecule has 2 bridgehead atoms. The summed E-state index contributed by atoms with van der Waals surface area (Å²) >= 11 is 0. The summed E-state index contributed by atoms with van der Waals surface area (Å²) in [4.78, 5) is 6.69. The Bertz CT molecular complexity index is 380. The van der Waals surface area contributed by atoms with Crippen LogP contribution in [-0.4, -0.2) is 29.5 Å². The fraction of sp³-hybridized carbons (Fsp3) is 0.545. The lowest BCUT2D eigenvalue weighted by Gasteiger charge is -2.13. The van der Waals surface area contributed by atoms with Crippen molar-refractivity contribution in [2.45, 2.75) is 13.3 Å². The second-order valence-electron chi connectivity index (χ2n) is 4.25. The average molecular weight is 190 g/mol. The summed E-state index contributed by atoms with van der Waals surface area (Å²) in [7, 11) is 0. The number of oxazole rings is 1. The van der Waals surface area contributed by atoms with Gasteiger partial charge in [-0.05, 0) is 31.4 Å². The van der Waals surface area contributed by atoms with E-state index in [-0.39, 0.29) is 0 Å². The molecule has 3 rings (SSSR count). The number of aromatic nitrogens is 1. The molecule has 1 aromatic rings. The van der Waals surface area contributed by atoms with Crippen molar-refractivity contribution in [2.75, 3.05) is 19.6 Å². The van der Waals surface area contributed by atoms with Crippen LogP contribution < -0.4 is 0 Å². The maximum atomic E-state index is 5.45. The van der Waals surface area contributed by atoms with E-state index in [0.717, 1.165) is 24.1 Å². The quantitative estimate of drug-likeness (QED) is 0.675. The second-order valence-corrected chi connectivity index (χ2v) is 4.25. The minimum atomic E-state index is 0.766. The molecule has 0 saturated carbocycles. The molecule has 2 unspecified atom stereocenters. The minimum Gasteiger partial charge on any atom is -0.442 e. The van der Waals surface area contributed by atoms with Gasteiger partial charge in [-0.3, -0.25) is 4.90 Å². The predicted octanol–water partition coefficient (Wildman–Crippen LogP) is 1.70. The van der Waals surface area contributed by atoms with E-state index in [1.807, 2.05) is 6.92 Å². The third-order valence-electron chi connectivity index (χ3n) is 3.15. The number of aryl methyl sites for hydroxylation is 1. The van der Waals surface area contributed by atoms with E-state index in [4.69, 9.17) is 4.42 Å². The molecule has 3 heteroatoms. The molecule has 1 aromatic heterocycles. The largest absolute Gasteiger partial charge is 0.442 e. The molecule has 0 aromatic carbocycles. The summed E-state index contributed by atoms with van der Waals surface area (Å²) in [5, 5.41) is 0. The van der Waals surface area contributed by atoms with Crippen LogP contribution in [-0.2, 0) is 0 Å². The van der Waals surface area contributed by atoms with Crippen molar-refractivity contribution in [3.05, 3.63) is 23.4 Å². The summed E-state index contributed by atoms with van der Waals surface area (Å²) in [6.45, 7) is 5.56. The van der Waals surface area contributed by atoms with Gasteiger partial charge in [-0.1, -0.05) is 0 Å². The van der Waals surface area contributed by atoms with Crippen LogP contribution in [0.4, 0.5) is 0 Å². The first kappa shape index (κ1) is 8.24. The molecule has 2 aliphatic rings. The number of rotatable bonds is 1. The van der Waals surface area contributed by atoms with Gasteiger partial charge < -0.3 is 4.42 Å². The van der Waals surface area contributed by atoms with E-state index >= 15 is 0 Å². The molecular weight excluding hydrogens is 176 g/mol. The smallest absolute Gasteiger partial charge is 0.218 e. The molecule has 0 N–H and O–H groups in total. The second kappa shape index (κ2) is 2.95. The molecular formula is C11H14N2O. The van der Waals surface area contributed by atoms with Gasteiger partial charge in [0.1, 0.15) is 5.76 Å². The normalized spacial score (nSPS) is 33.1. The molecule has 2 aliphatic heterocycles. The molecule has 0 spiro atoms. The molecule has 14 heavy (non-hydrogen) atoms. The number of fused-ring (bicyclic) bond motifs is 2. The van der Waals surface area contributed by atoms with Crippen LogP contribution in [0.3, 0.4) is 0 Å². The Hall–Kier alpha value is -1.09. The zero-order chi connectivity index (χ0) is 9.54. The highest BCUT2D eigenvalue weighted by molar-refractivity contribution is 5.47. The van der Waals surface area contributed by atoms with Crippen molar-refractivity contribution in [1.29, 1.82) is 0 Å². The van der Waals surface area contributed by atoms with Crippen LogP contribution in [0.2, 0.25) is 0 Å². The highest BCUT2D eigenvalue weighted by atomic mass is 16.3. The van der Waals surface area contributed by atoms with Gasteiger partial charge in [-0.2, -0.15) is 0 Å². The first-order chi connectivity index (χ1) is 6.81. The van der Waals surface area contributed by atoms with Crippen LogP contribution in [0.25, 0.3) is 6.08 Å². The monoisotopic (exact) mass is 190 g/mol. The van der Waals surface area contributed by atoms with Gasteiger partial charge in [-0.25, -0.2) is 4.98 Å². The Morgan fingerprint density at radius 3 is 3.14 bits per heavy atom. The lowest BCUT2D eigenvalue weighted by atomic mass is 9.99. The molecule has 3 nitrogen and oxygen atoms in total. The Morgan fingerprint density at radius 1 is 1.64 bits per heavy atom. The van der Waals surface area contributed by atoms with Crippen LogP contribution in [0, 0.1) is 12.8 Å². The SMILES string of the molecule is Cc1cnc(/C=C2\CN3CCC2C3)o1. The van der Waals surface area contributed by atoms with Crippen molar-refractivity contribution < 1.29 is 4.42 Å². The maximum absolute atomic E-state index is 5.45. The topological polar surface area (TPSA) is 29.3 Å². The van der Waals surface area contributed by atoms with Crippen molar-refractivity contribution in [2.24, 2.45) is 5.92 Å². The van der Waals surface area contributed by atoms with Gasteiger partial charge in [0, 0.05) is 19.2 Å². The van der Waals surface area contributed by atoms with Crippen molar-refractivity contribution >= 4 is 6.08 Å². The molecule has 2 atom stereocenters. The van der Waals surface area contributed by atoms with E-state index < -0.39 is 0 Å². The Balaban J connectivity index is 1.85. The summed E-state index contributed by atoms with van der Waals surface area (Å²) in [6, 6.07) is 0. The zero-order valence-corrected chi connectivity index (χ0v) is 8.36. The van der Waals surface area contributed by atoms with Crippen LogP contribution in [0.1, 0.15) is 18.1 Å². The van der Waals surface area contributed by atoms with Crippen LogP contribution in [0.15, 0.2) is 16.2 Å². The minimum absolute atomic E-state index is 0.766. The van der Waals surface area contributed by atoms with E-state index in [1.165, 1.54) is 25.1 Å². The van der Waals surface area contributed by atoms with Crippen molar-refractivity contribution in [3.8, 4) is 0 Å². The third kappa shape index (κ3) is 1.28. The van der Waals surface area contributed by atoms with E-state index in [2.05, 4.69) is 16.0 Å². The standard InChI is InChI=1S/C11H14N2O/c1-8-5-12-11(14-8)4-10-7-13-3-2-9(10)6-13/h4-5,9H,2-3,6-7H2,1H3/b10-4+.